The number of aryl methyl sites for hydroxylation is 1. The van der Waals surface area contributed by atoms with Gasteiger partial charge in [0.1, 0.15) is 11.3 Å². The zero-order chi connectivity index (χ0) is 23.8. The van der Waals surface area contributed by atoms with Crippen molar-refractivity contribution in [2.45, 2.75) is 26.8 Å². The van der Waals surface area contributed by atoms with E-state index in [1.165, 1.54) is 0 Å². The lowest BCUT2D eigenvalue weighted by Gasteiger charge is -2.20. The highest BCUT2D eigenvalue weighted by Gasteiger charge is 2.20. The van der Waals surface area contributed by atoms with E-state index in [0.717, 1.165) is 22.4 Å². The summed E-state index contributed by atoms with van der Waals surface area (Å²) >= 11 is 0. The summed E-state index contributed by atoms with van der Waals surface area (Å²) < 4.78 is 11.6. The minimum atomic E-state index is -0.617. The van der Waals surface area contributed by atoms with E-state index in [0.29, 0.717) is 27.9 Å². The molecule has 0 radical (unpaired) electrons. The maximum absolute atomic E-state index is 13.3. The zero-order valence-electron chi connectivity index (χ0n) is 19.0. The molecule has 0 amide bonds. The highest BCUT2D eigenvalue weighted by molar-refractivity contribution is 5.85. The van der Waals surface area contributed by atoms with Gasteiger partial charge in [-0.2, -0.15) is 0 Å². The molecule has 3 aromatic carbocycles. The summed E-state index contributed by atoms with van der Waals surface area (Å²) in [6.07, 6.45) is 0. The van der Waals surface area contributed by atoms with Gasteiger partial charge in [0.2, 0.25) is 0 Å². The second-order valence-corrected chi connectivity index (χ2v) is 8.31. The number of anilines is 1. The predicted molar refractivity (Wildman–Crippen MR) is 132 cm³/mol. The van der Waals surface area contributed by atoms with E-state index in [1.54, 1.807) is 6.92 Å². The van der Waals surface area contributed by atoms with Crippen molar-refractivity contribution in [2.75, 3.05) is 5.32 Å². The van der Waals surface area contributed by atoms with Crippen LogP contribution in [-0.4, -0.2) is 10.2 Å². The Bertz CT molecular complexity index is 1610. The second kappa shape index (κ2) is 8.51. The summed E-state index contributed by atoms with van der Waals surface area (Å²) in [4.78, 5) is 24.8. The number of benzene rings is 3. The molecule has 34 heavy (non-hydrogen) atoms. The van der Waals surface area contributed by atoms with Crippen molar-refractivity contribution >= 4 is 16.7 Å². The number of para-hydroxylation sites is 1. The Hall–Kier alpha value is -4.39. The third-order valence-electron chi connectivity index (χ3n) is 5.86. The van der Waals surface area contributed by atoms with Gasteiger partial charge in [-0.25, -0.2) is 9.89 Å². The normalized spacial score (nSPS) is 12.1. The number of nitrogens with zero attached hydrogens (tertiary/aromatic N) is 1. The van der Waals surface area contributed by atoms with Crippen LogP contribution in [0.25, 0.3) is 33.7 Å². The monoisotopic (exact) mass is 453 g/mol. The summed E-state index contributed by atoms with van der Waals surface area (Å²) in [5.41, 5.74) is 5.12. The molecule has 0 saturated heterocycles. The number of aromatic amines is 1. The minimum absolute atomic E-state index is 0.0454. The molecule has 1 unspecified atom stereocenters. The molecule has 2 N–H and O–H groups in total. The molecule has 7 nitrogen and oxygen atoms in total. The van der Waals surface area contributed by atoms with E-state index in [4.69, 9.17) is 8.83 Å². The molecular formula is C27H23N3O4. The van der Waals surface area contributed by atoms with Crippen LogP contribution in [0.5, 0.6) is 0 Å². The quantitative estimate of drug-likeness (QED) is 0.360. The molecule has 1 atom stereocenters. The fraction of sp³-hybridized carbons (Fsp3) is 0.148. The van der Waals surface area contributed by atoms with E-state index < -0.39 is 5.76 Å². The van der Waals surface area contributed by atoms with Crippen molar-refractivity contribution in [3.8, 4) is 22.8 Å². The number of nitrogens with one attached hydrogen (secondary N) is 2. The van der Waals surface area contributed by atoms with Crippen LogP contribution in [0.3, 0.4) is 0 Å². The van der Waals surface area contributed by atoms with E-state index in [1.807, 2.05) is 80.6 Å². The topological polar surface area (TPSA) is 101 Å². The van der Waals surface area contributed by atoms with Gasteiger partial charge < -0.3 is 14.2 Å². The smallest absolute Gasteiger partial charge is 0.434 e. The maximum atomic E-state index is 13.3. The van der Waals surface area contributed by atoms with Gasteiger partial charge in [-0.1, -0.05) is 48.5 Å². The third-order valence-corrected chi connectivity index (χ3v) is 5.86. The molecule has 0 spiro atoms. The lowest BCUT2D eigenvalue weighted by atomic mass is 9.98. The first-order valence-electron chi connectivity index (χ1n) is 11.0. The molecule has 0 bridgehead atoms. The molecule has 2 aromatic heterocycles. The Balaban J connectivity index is 1.64. The molecule has 7 heteroatoms. The summed E-state index contributed by atoms with van der Waals surface area (Å²) in [7, 11) is 0. The fourth-order valence-electron chi connectivity index (χ4n) is 4.21. The lowest BCUT2D eigenvalue weighted by molar-refractivity contribution is 0.527. The van der Waals surface area contributed by atoms with Crippen LogP contribution in [-0.2, 0) is 0 Å². The van der Waals surface area contributed by atoms with E-state index in [2.05, 4.69) is 15.5 Å². The molecule has 0 fully saturated rings. The van der Waals surface area contributed by atoms with Crippen LogP contribution in [0.4, 0.5) is 5.69 Å². The first-order chi connectivity index (χ1) is 16.4. The van der Waals surface area contributed by atoms with Gasteiger partial charge in [-0.15, -0.1) is 5.10 Å². The van der Waals surface area contributed by atoms with Gasteiger partial charge >= 0.3 is 5.76 Å². The van der Waals surface area contributed by atoms with Gasteiger partial charge in [0.25, 0.3) is 5.89 Å². The van der Waals surface area contributed by atoms with Crippen molar-refractivity contribution in [3.63, 3.8) is 0 Å². The number of aromatic nitrogens is 2. The number of hydrogen-bond donors (Lipinski definition) is 2. The maximum Gasteiger partial charge on any atom is 0.434 e. The van der Waals surface area contributed by atoms with Crippen molar-refractivity contribution < 1.29 is 8.83 Å². The van der Waals surface area contributed by atoms with Crippen molar-refractivity contribution in [1.29, 1.82) is 0 Å². The minimum Gasteiger partial charge on any atom is -0.455 e. The zero-order valence-corrected chi connectivity index (χ0v) is 19.0. The number of H-pyrrole nitrogens is 1. The molecular weight excluding hydrogens is 430 g/mol. The Kier molecular flexibility index (Phi) is 5.37. The number of hydrogen-bond acceptors (Lipinski definition) is 6. The molecule has 170 valence electrons. The van der Waals surface area contributed by atoms with Gasteiger partial charge in [0.15, 0.2) is 5.43 Å². The molecule has 2 heterocycles. The second-order valence-electron chi connectivity index (χ2n) is 8.31. The molecule has 0 aliphatic carbocycles. The van der Waals surface area contributed by atoms with Crippen LogP contribution in [0.15, 0.2) is 85.2 Å². The van der Waals surface area contributed by atoms with E-state index >= 15 is 0 Å². The summed E-state index contributed by atoms with van der Waals surface area (Å²) in [5.74, 6) is 0.144. The summed E-state index contributed by atoms with van der Waals surface area (Å²) in [6, 6.07) is 20.7. The van der Waals surface area contributed by atoms with Crippen LogP contribution >= 0.6 is 0 Å². The Labute approximate surface area is 195 Å². The van der Waals surface area contributed by atoms with E-state index in [9.17, 15) is 9.59 Å². The first kappa shape index (κ1) is 21.5. The van der Waals surface area contributed by atoms with Crippen molar-refractivity contribution in [1.82, 2.24) is 10.2 Å². The highest BCUT2D eigenvalue weighted by Crippen LogP contribution is 2.34. The lowest BCUT2D eigenvalue weighted by Crippen LogP contribution is -2.12. The average molecular weight is 453 g/mol. The Morgan fingerprint density at radius 2 is 1.68 bits per heavy atom. The van der Waals surface area contributed by atoms with Crippen molar-refractivity contribution in [2.24, 2.45) is 0 Å². The summed E-state index contributed by atoms with van der Waals surface area (Å²) in [6.45, 7) is 5.75. The number of fused-ring (bicyclic) bond motifs is 1. The molecule has 5 rings (SSSR count). The van der Waals surface area contributed by atoms with Gasteiger partial charge in [-0.05, 0) is 44.5 Å². The molecule has 5 aromatic rings. The van der Waals surface area contributed by atoms with E-state index in [-0.39, 0.29) is 17.4 Å². The third kappa shape index (κ3) is 3.81. The van der Waals surface area contributed by atoms with Crippen LogP contribution < -0.4 is 16.5 Å². The average Bonchev–Trinajstić information content (AvgIpc) is 3.28. The molecule has 0 aliphatic heterocycles. The van der Waals surface area contributed by atoms with Gasteiger partial charge in [-0.3, -0.25) is 4.79 Å². The number of rotatable bonds is 5. The Morgan fingerprint density at radius 3 is 2.41 bits per heavy atom. The molecule has 0 saturated carbocycles. The first-order valence-corrected chi connectivity index (χ1v) is 11.0. The van der Waals surface area contributed by atoms with Crippen LogP contribution in [0.2, 0.25) is 0 Å². The van der Waals surface area contributed by atoms with Crippen LogP contribution in [0, 0.1) is 13.8 Å². The Morgan fingerprint density at radius 1 is 0.941 bits per heavy atom. The highest BCUT2D eigenvalue weighted by atomic mass is 16.4. The fourth-order valence-corrected chi connectivity index (χ4v) is 4.21. The van der Waals surface area contributed by atoms with Gasteiger partial charge in [0.05, 0.1) is 17.0 Å². The van der Waals surface area contributed by atoms with Gasteiger partial charge in [0, 0.05) is 22.4 Å². The largest absolute Gasteiger partial charge is 0.455 e. The SMILES string of the molecule is Cc1cc(C(C)Nc2ccccc2-c2n[nH]c(=O)o2)c2oc(-c3ccccc3)c(C)c(=O)c2c1. The van der Waals surface area contributed by atoms with Crippen LogP contribution in [0.1, 0.15) is 29.7 Å². The predicted octanol–water partition coefficient (Wildman–Crippen LogP) is 5.59. The molecule has 0 aliphatic rings. The summed E-state index contributed by atoms with van der Waals surface area (Å²) in [5, 5.41) is 10.3. The van der Waals surface area contributed by atoms with Crippen molar-refractivity contribution in [3.05, 3.63) is 104 Å². The standard InChI is InChI=1S/C27H23N3O4/c1-15-13-20(17(3)28-22-12-8-7-11-19(22)26-29-30-27(32)34-26)25-21(14-15)23(31)16(2)24(33-25)18-9-5-4-6-10-18/h4-14,17,28H,1-3H3,(H,30,32).